The third-order valence-electron chi connectivity index (χ3n) is 8.26. The number of Topliss-reactive ketones (excluding diaryl/α,β-unsaturated/α-hetero) is 2. The highest BCUT2D eigenvalue weighted by Crippen LogP contribution is 2.56. The molecule has 2 aromatic rings. The molecule has 5 rings (SSSR count). The quantitative estimate of drug-likeness (QED) is 0.404. The topological polar surface area (TPSA) is 74.3 Å². The highest BCUT2D eigenvalue weighted by Gasteiger charge is 2.49. The Bertz CT molecular complexity index is 1350. The molecule has 0 fully saturated rings. The van der Waals surface area contributed by atoms with Gasteiger partial charge in [0.15, 0.2) is 23.1 Å². The summed E-state index contributed by atoms with van der Waals surface area (Å²) in [6.45, 7) is 8.54. The summed E-state index contributed by atoms with van der Waals surface area (Å²) in [6, 6.07) is 11.6. The van der Waals surface area contributed by atoms with E-state index in [0.29, 0.717) is 54.1 Å². The third-order valence-corrected chi connectivity index (χ3v) is 8.26. The van der Waals surface area contributed by atoms with E-state index in [-0.39, 0.29) is 22.4 Å². The zero-order chi connectivity index (χ0) is 29.0. The van der Waals surface area contributed by atoms with E-state index in [9.17, 15) is 9.59 Å². The molecule has 0 radical (unpaired) electrons. The zero-order valence-electron chi connectivity index (χ0n) is 24.8. The lowest BCUT2D eigenvalue weighted by atomic mass is 9.63. The summed E-state index contributed by atoms with van der Waals surface area (Å²) in [5.41, 5.74) is 4.50. The summed E-state index contributed by atoms with van der Waals surface area (Å²) >= 11 is 0. The van der Waals surface area contributed by atoms with E-state index >= 15 is 0 Å². The molecule has 1 heterocycles. The van der Waals surface area contributed by atoms with Gasteiger partial charge in [-0.25, -0.2) is 0 Å². The van der Waals surface area contributed by atoms with Crippen LogP contribution in [0.1, 0.15) is 64.9 Å². The Morgan fingerprint density at radius 1 is 0.675 bits per heavy atom. The average molecular weight is 546 g/mol. The normalized spacial score (nSPS) is 20.2. The molecule has 0 amide bonds. The number of benzene rings is 2. The van der Waals surface area contributed by atoms with Gasteiger partial charge in [-0.15, -0.1) is 0 Å². The molecule has 0 spiro atoms. The summed E-state index contributed by atoms with van der Waals surface area (Å²) in [7, 11) is 6.36. The zero-order valence-corrected chi connectivity index (χ0v) is 24.8. The minimum atomic E-state index is -0.527. The molecular formula is C33H39NO6. The van der Waals surface area contributed by atoms with Crippen LogP contribution in [0.25, 0.3) is 0 Å². The van der Waals surface area contributed by atoms with Crippen LogP contribution in [0.15, 0.2) is 58.9 Å². The Labute approximate surface area is 236 Å². The standard InChI is InChI=1S/C33H39NO6/c1-32(2)15-22-29(24(35)17-32)28(19-13-26(38-6)31(40-8)27(14-19)39-7)30-23(16-33(3,4)18-25(30)36)34(22)20-9-11-21(37-5)12-10-20/h9-14,28H,15-18H2,1-8H3. The molecule has 0 atom stereocenters. The van der Waals surface area contributed by atoms with Crippen molar-refractivity contribution in [2.75, 3.05) is 33.3 Å². The molecule has 2 aromatic carbocycles. The van der Waals surface area contributed by atoms with Gasteiger partial charge in [0.2, 0.25) is 5.75 Å². The molecule has 0 saturated carbocycles. The van der Waals surface area contributed by atoms with E-state index in [1.807, 2.05) is 36.4 Å². The van der Waals surface area contributed by atoms with Crippen molar-refractivity contribution in [3.63, 3.8) is 0 Å². The van der Waals surface area contributed by atoms with Gasteiger partial charge in [0, 0.05) is 47.0 Å². The molecule has 212 valence electrons. The minimum absolute atomic E-state index is 0.0627. The smallest absolute Gasteiger partial charge is 0.203 e. The van der Waals surface area contributed by atoms with Crippen molar-refractivity contribution < 1.29 is 28.5 Å². The van der Waals surface area contributed by atoms with Gasteiger partial charge < -0.3 is 23.8 Å². The van der Waals surface area contributed by atoms with Gasteiger partial charge in [0.25, 0.3) is 0 Å². The van der Waals surface area contributed by atoms with Crippen molar-refractivity contribution in [3.05, 3.63) is 64.5 Å². The van der Waals surface area contributed by atoms with E-state index in [1.54, 1.807) is 28.4 Å². The van der Waals surface area contributed by atoms with Crippen LogP contribution < -0.4 is 23.8 Å². The van der Waals surface area contributed by atoms with E-state index in [2.05, 4.69) is 32.6 Å². The number of rotatable bonds is 6. The number of anilines is 1. The number of carbonyl (C=O) groups is 2. The number of ether oxygens (including phenoxy) is 4. The van der Waals surface area contributed by atoms with Crippen molar-refractivity contribution in [3.8, 4) is 23.0 Å². The monoisotopic (exact) mass is 545 g/mol. The average Bonchev–Trinajstić information content (AvgIpc) is 2.89. The predicted molar refractivity (Wildman–Crippen MR) is 154 cm³/mol. The van der Waals surface area contributed by atoms with Gasteiger partial charge in [-0.3, -0.25) is 9.59 Å². The van der Waals surface area contributed by atoms with Crippen LogP contribution in [-0.2, 0) is 9.59 Å². The molecule has 7 nitrogen and oxygen atoms in total. The molecule has 0 saturated heterocycles. The van der Waals surface area contributed by atoms with Crippen molar-refractivity contribution in [1.82, 2.24) is 0 Å². The van der Waals surface area contributed by atoms with Crippen LogP contribution in [0.3, 0.4) is 0 Å². The summed E-state index contributed by atoms with van der Waals surface area (Å²) in [6.07, 6.45) is 2.22. The Hall–Kier alpha value is -3.74. The maximum atomic E-state index is 14.1. The Kier molecular flexibility index (Phi) is 6.97. The number of methoxy groups -OCH3 is 4. The molecular weight excluding hydrogens is 506 g/mol. The van der Waals surface area contributed by atoms with Crippen molar-refractivity contribution in [2.24, 2.45) is 10.8 Å². The van der Waals surface area contributed by atoms with Gasteiger partial charge in [-0.1, -0.05) is 27.7 Å². The molecule has 0 unspecified atom stereocenters. The fourth-order valence-electron chi connectivity index (χ4n) is 6.61. The third kappa shape index (κ3) is 4.65. The maximum Gasteiger partial charge on any atom is 0.203 e. The van der Waals surface area contributed by atoms with Gasteiger partial charge in [0.05, 0.1) is 28.4 Å². The summed E-state index contributed by atoms with van der Waals surface area (Å²) < 4.78 is 22.4. The molecule has 0 bridgehead atoms. The van der Waals surface area contributed by atoms with Crippen molar-refractivity contribution in [2.45, 2.75) is 59.3 Å². The van der Waals surface area contributed by atoms with Crippen LogP contribution in [0.4, 0.5) is 5.69 Å². The minimum Gasteiger partial charge on any atom is -0.497 e. The molecule has 7 heteroatoms. The Morgan fingerprint density at radius 3 is 1.55 bits per heavy atom. The van der Waals surface area contributed by atoms with Crippen LogP contribution >= 0.6 is 0 Å². The molecule has 40 heavy (non-hydrogen) atoms. The number of ketones is 2. The predicted octanol–water partition coefficient (Wildman–Crippen LogP) is 6.61. The first-order valence-electron chi connectivity index (χ1n) is 13.7. The lowest BCUT2D eigenvalue weighted by Gasteiger charge is -2.49. The highest BCUT2D eigenvalue weighted by atomic mass is 16.5. The lowest BCUT2D eigenvalue weighted by Crippen LogP contribution is -2.44. The largest absolute Gasteiger partial charge is 0.497 e. The van der Waals surface area contributed by atoms with E-state index in [4.69, 9.17) is 18.9 Å². The SMILES string of the molecule is COc1ccc(N2C3=C(C(=O)CC(C)(C)C3)C(c3cc(OC)c(OC)c(OC)c3)C3=C2CC(C)(C)CC3=O)cc1. The summed E-state index contributed by atoms with van der Waals surface area (Å²) in [4.78, 5) is 30.4. The van der Waals surface area contributed by atoms with Crippen LogP contribution in [0.5, 0.6) is 23.0 Å². The van der Waals surface area contributed by atoms with Crippen molar-refractivity contribution in [1.29, 1.82) is 0 Å². The molecule has 0 N–H and O–H groups in total. The number of hydrogen-bond donors (Lipinski definition) is 0. The first kappa shape index (κ1) is 27.8. The molecule has 0 aromatic heterocycles. The van der Waals surface area contributed by atoms with E-state index < -0.39 is 5.92 Å². The van der Waals surface area contributed by atoms with Gasteiger partial charge >= 0.3 is 0 Å². The first-order valence-corrected chi connectivity index (χ1v) is 13.7. The van der Waals surface area contributed by atoms with Gasteiger partial charge in [0.1, 0.15) is 5.75 Å². The fraction of sp³-hybridized carbons (Fsp3) is 0.455. The molecule has 2 aliphatic carbocycles. The van der Waals surface area contributed by atoms with Crippen LogP contribution in [0.2, 0.25) is 0 Å². The maximum absolute atomic E-state index is 14.1. The number of carbonyl (C=O) groups excluding carboxylic acids is 2. The lowest BCUT2D eigenvalue weighted by molar-refractivity contribution is -0.119. The fourth-order valence-corrected chi connectivity index (χ4v) is 6.61. The number of allylic oxidation sites excluding steroid dienone is 4. The van der Waals surface area contributed by atoms with Gasteiger partial charge in [-0.05, 0) is 65.6 Å². The second-order valence-electron chi connectivity index (χ2n) is 12.5. The van der Waals surface area contributed by atoms with E-state index in [0.717, 1.165) is 28.4 Å². The second-order valence-corrected chi connectivity index (χ2v) is 12.5. The highest BCUT2D eigenvalue weighted by molar-refractivity contribution is 6.08. The second kappa shape index (κ2) is 10.0. The van der Waals surface area contributed by atoms with Crippen molar-refractivity contribution >= 4 is 17.3 Å². The van der Waals surface area contributed by atoms with Gasteiger partial charge in [-0.2, -0.15) is 0 Å². The first-order chi connectivity index (χ1) is 18.9. The van der Waals surface area contributed by atoms with E-state index in [1.165, 1.54) is 0 Å². The Balaban J connectivity index is 1.84. The molecule has 3 aliphatic rings. The van der Waals surface area contributed by atoms with Crippen LogP contribution in [-0.4, -0.2) is 40.0 Å². The Morgan fingerprint density at radius 2 is 1.15 bits per heavy atom. The van der Waals surface area contributed by atoms with Crippen LogP contribution in [0, 0.1) is 10.8 Å². The summed E-state index contributed by atoms with van der Waals surface area (Å²) in [5, 5.41) is 0. The number of hydrogen-bond acceptors (Lipinski definition) is 7. The molecule has 1 aliphatic heterocycles. The summed E-state index contributed by atoms with van der Waals surface area (Å²) in [5.74, 6) is 1.80. The number of nitrogens with zero attached hydrogens (tertiary/aromatic N) is 1.